The van der Waals surface area contributed by atoms with Gasteiger partial charge in [0.15, 0.2) is 5.69 Å². The first-order chi connectivity index (χ1) is 7.06. The van der Waals surface area contributed by atoms with E-state index in [1.54, 1.807) is 0 Å². The first-order valence-corrected chi connectivity index (χ1v) is 4.20. The molecule has 1 heterocycles. The van der Waals surface area contributed by atoms with Crippen molar-refractivity contribution in [1.29, 1.82) is 0 Å². The van der Waals surface area contributed by atoms with Gasteiger partial charge in [-0.1, -0.05) is 5.21 Å². The first-order valence-electron chi connectivity index (χ1n) is 4.20. The van der Waals surface area contributed by atoms with Crippen molar-refractivity contribution in [2.75, 3.05) is 6.54 Å². The van der Waals surface area contributed by atoms with E-state index >= 15 is 0 Å². The summed E-state index contributed by atoms with van der Waals surface area (Å²) in [5, 5.41) is 15.4. The van der Waals surface area contributed by atoms with E-state index in [0.29, 0.717) is 0 Å². The number of aromatic carboxylic acids is 1. The van der Waals surface area contributed by atoms with Crippen molar-refractivity contribution < 1.29 is 18.7 Å². The quantitative estimate of drug-likeness (QED) is 0.713. The van der Waals surface area contributed by atoms with Gasteiger partial charge in [-0.05, 0) is 6.54 Å². The van der Waals surface area contributed by atoms with Gasteiger partial charge in [0, 0.05) is 6.42 Å². The number of nitrogens with two attached hydrogens (primary N) is 1. The van der Waals surface area contributed by atoms with Crippen molar-refractivity contribution in [3.63, 3.8) is 0 Å². The van der Waals surface area contributed by atoms with Gasteiger partial charge in [0.2, 0.25) is 0 Å². The summed E-state index contributed by atoms with van der Waals surface area (Å²) in [6.45, 7) is -0.521. The first kappa shape index (κ1) is 11.5. The molecule has 0 saturated carbocycles. The van der Waals surface area contributed by atoms with Gasteiger partial charge >= 0.3 is 5.97 Å². The Bertz CT molecular complexity index is 353. The van der Waals surface area contributed by atoms with Gasteiger partial charge in [-0.3, -0.25) is 0 Å². The third-order valence-corrected chi connectivity index (χ3v) is 1.73. The van der Waals surface area contributed by atoms with Gasteiger partial charge in [0.05, 0.1) is 5.69 Å². The number of aromatic nitrogens is 3. The fraction of sp³-hybridized carbons (Fsp3) is 0.571. The predicted molar refractivity (Wildman–Crippen MR) is 45.7 cm³/mol. The summed E-state index contributed by atoms with van der Waals surface area (Å²) < 4.78 is 25.0. The molecule has 0 fully saturated rings. The van der Waals surface area contributed by atoms with Crippen LogP contribution in [0.25, 0.3) is 0 Å². The Balaban J connectivity index is 3.00. The van der Waals surface area contributed by atoms with E-state index in [-0.39, 0.29) is 24.4 Å². The SMILES string of the molecule is NCCc1c(C(=O)O)nnn1CC(F)F. The molecule has 3 N–H and O–H groups in total. The van der Waals surface area contributed by atoms with Gasteiger partial charge in [-0.25, -0.2) is 18.3 Å². The van der Waals surface area contributed by atoms with Crippen LogP contribution in [0, 0.1) is 0 Å². The molecule has 8 heteroatoms. The fourth-order valence-electron chi connectivity index (χ4n) is 1.16. The van der Waals surface area contributed by atoms with E-state index in [4.69, 9.17) is 10.8 Å². The number of carbonyl (C=O) groups is 1. The number of carboxylic acids is 1. The van der Waals surface area contributed by atoms with E-state index < -0.39 is 18.9 Å². The summed E-state index contributed by atoms with van der Waals surface area (Å²) in [5.41, 5.74) is 5.05. The van der Waals surface area contributed by atoms with Crippen LogP contribution in [0.5, 0.6) is 0 Å². The van der Waals surface area contributed by atoms with Crippen molar-refractivity contribution in [3.8, 4) is 0 Å². The van der Waals surface area contributed by atoms with E-state index in [1.165, 1.54) is 0 Å². The summed E-state index contributed by atoms with van der Waals surface area (Å²) in [7, 11) is 0. The molecule has 0 aliphatic carbocycles. The Kier molecular flexibility index (Phi) is 3.67. The topological polar surface area (TPSA) is 94.0 Å². The Hall–Kier alpha value is -1.57. The number of carboxylic acid groups (broad SMARTS) is 1. The minimum Gasteiger partial charge on any atom is -0.476 e. The summed E-state index contributed by atoms with van der Waals surface area (Å²) in [5.74, 6) is -1.29. The molecule has 0 aliphatic heterocycles. The van der Waals surface area contributed by atoms with Crippen molar-refractivity contribution >= 4 is 5.97 Å². The largest absolute Gasteiger partial charge is 0.476 e. The second kappa shape index (κ2) is 4.78. The van der Waals surface area contributed by atoms with E-state index in [9.17, 15) is 13.6 Å². The molecule has 0 radical (unpaired) electrons. The van der Waals surface area contributed by atoms with Gasteiger partial charge in [-0.15, -0.1) is 5.10 Å². The zero-order valence-corrected chi connectivity index (χ0v) is 7.73. The highest BCUT2D eigenvalue weighted by Crippen LogP contribution is 2.08. The van der Waals surface area contributed by atoms with Crippen LogP contribution in [0.2, 0.25) is 0 Å². The van der Waals surface area contributed by atoms with Gasteiger partial charge < -0.3 is 10.8 Å². The van der Waals surface area contributed by atoms with Crippen LogP contribution in [0.15, 0.2) is 0 Å². The molecule has 0 amide bonds. The maximum Gasteiger partial charge on any atom is 0.358 e. The molecule has 15 heavy (non-hydrogen) atoms. The van der Waals surface area contributed by atoms with Crippen molar-refractivity contribution in [2.45, 2.75) is 19.4 Å². The monoisotopic (exact) mass is 220 g/mol. The average Bonchev–Trinajstić information content (AvgIpc) is 2.48. The number of alkyl halides is 2. The number of halogens is 2. The highest BCUT2D eigenvalue weighted by molar-refractivity contribution is 5.86. The molecular weight excluding hydrogens is 210 g/mol. The second-order valence-corrected chi connectivity index (χ2v) is 2.80. The number of nitrogens with zero attached hydrogens (tertiary/aromatic N) is 3. The smallest absolute Gasteiger partial charge is 0.358 e. The Morgan fingerprint density at radius 3 is 2.73 bits per heavy atom. The predicted octanol–water partition coefficient (Wildman–Crippen LogP) is -0.257. The molecule has 6 nitrogen and oxygen atoms in total. The molecule has 0 spiro atoms. The Labute approximate surface area is 83.7 Å². The Morgan fingerprint density at radius 1 is 1.60 bits per heavy atom. The molecular formula is C7H10F2N4O2. The van der Waals surface area contributed by atoms with Crippen LogP contribution in [0.3, 0.4) is 0 Å². The standard InChI is InChI=1S/C7H10F2N4O2/c8-5(9)3-13-4(1-2-10)6(7(14)15)11-12-13/h5H,1-3,10H2,(H,14,15). The molecule has 0 aromatic carbocycles. The van der Waals surface area contributed by atoms with Gasteiger partial charge in [-0.2, -0.15) is 0 Å². The molecule has 0 aliphatic rings. The van der Waals surface area contributed by atoms with Gasteiger partial charge in [0.25, 0.3) is 6.43 Å². The van der Waals surface area contributed by atoms with Crippen LogP contribution in [0.4, 0.5) is 8.78 Å². The van der Waals surface area contributed by atoms with Crippen LogP contribution in [-0.4, -0.2) is 39.0 Å². The lowest BCUT2D eigenvalue weighted by Crippen LogP contribution is -2.16. The number of rotatable bonds is 5. The summed E-state index contributed by atoms with van der Waals surface area (Å²) >= 11 is 0. The normalized spacial score (nSPS) is 10.9. The molecule has 1 rings (SSSR count). The third-order valence-electron chi connectivity index (χ3n) is 1.73. The lowest BCUT2D eigenvalue weighted by atomic mass is 10.2. The van der Waals surface area contributed by atoms with Crippen molar-refractivity contribution in [3.05, 3.63) is 11.4 Å². The van der Waals surface area contributed by atoms with Crippen LogP contribution in [0.1, 0.15) is 16.2 Å². The molecule has 0 atom stereocenters. The average molecular weight is 220 g/mol. The molecule has 0 bridgehead atoms. The van der Waals surface area contributed by atoms with Crippen LogP contribution >= 0.6 is 0 Å². The lowest BCUT2D eigenvalue weighted by molar-refractivity contribution is 0.0688. The van der Waals surface area contributed by atoms with E-state index in [2.05, 4.69) is 10.3 Å². The third kappa shape index (κ3) is 2.69. The summed E-state index contributed by atoms with van der Waals surface area (Å²) in [6, 6.07) is 0. The Morgan fingerprint density at radius 2 is 2.27 bits per heavy atom. The molecule has 1 aromatic heterocycles. The lowest BCUT2D eigenvalue weighted by Gasteiger charge is -2.04. The maximum absolute atomic E-state index is 12.1. The molecule has 0 unspecified atom stereocenters. The minimum atomic E-state index is -2.61. The molecule has 1 aromatic rings. The van der Waals surface area contributed by atoms with Crippen LogP contribution in [-0.2, 0) is 13.0 Å². The zero-order valence-electron chi connectivity index (χ0n) is 7.73. The highest BCUT2D eigenvalue weighted by atomic mass is 19.3. The van der Waals surface area contributed by atoms with Crippen LogP contribution < -0.4 is 5.73 Å². The maximum atomic E-state index is 12.1. The second-order valence-electron chi connectivity index (χ2n) is 2.80. The number of hydrogen-bond acceptors (Lipinski definition) is 4. The molecule has 84 valence electrons. The highest BCUT2D eigenvalue weighted by Gasteiger charge is 2.19. The van der Waals surface area contributed by atoms with Gasteiger partial charge in [0.1, 0.15) is 6.54 Å². The summed E-state index contributed by atoms with van der Waals surface area (Å²) in [4.78, 5) is 10.7. The molecule has 0 saturated heterocycles. The zero-order chi connectivity index (χ0) is 11.4. The fourth-order valence-corrected chi connectivity index (χ4v) is 1.16. The minimum absolute atomic E-state index is 0.130. The number of hydrogen-bond donors (Lipinski definition) is 2. The van der Waals surface area contributed by atoms with E-state index in [0.717, 1.165) is 4.68 Å². The van der Waals surface area contributed by atoms with Crippen molar-refractivity contribution in [1.82, 2.24) is 15.0 Å². The van der Waals surface area contributed by atoms with E-state index in [1.807, 2.05) is 0 Å². The summed E-state index contributed by atoms with van der Waals surface area (Å²) in [6.07, 6.45) is -2.45. The van der Waals surface area contributed by atoms with Crippen molar-refractivity contribution in [2.24, 2.45) is 5.73 Å².